The maximum atomic E-state index is 13.0. The molecule has 0 atom stereocenters. The van der Waals surface area contributed by atoms with Gasteiger partial charge in [0.1, 0.15) is 11.9 Å². The highest BCUT2D eigenvalue weighted by atomic mass is 35.5. The summed E-state index contributed by atoms with van der Waals surface area (Å²) in [4.78, 5) is 0.286. The zero-order valence-electron chi connectivity index (χ0n) is 15.6. The number of fused-ring (bicyclic) bond motifs is 1. The lowest BCUT2D eigenvalue weighted by atomic mass is 10.1. The summed E-state index contributed by atoms with van der Waals surface area (Å²) in [5.41, 5.74) is 0.596. The number of hydrogen-bond donors (Lipinski definition) is 0. The molecule has 4 nitrogen and oxygen atoms in total. The smallest absolute Gasteiger partial charge is 0.243 e. The molecule has 28 heavy (non-hydrogen) atoms. The van der Waals surface area contributed by atoms with Crippen molar-refractivity contribution in [2.45, 2.75) is 30.8 Å². The predicted molar refractivity (Wildman–Crippen MR) is 113 cm³/mol. The van der Waals surface area contributed by atoms with Crippen molar-refractivity contribution in [2.24, 2.45) is 0 Å². The van der Waals surface area contributed by atoms with Crippen LogP contribution in [0.5, 0.6) is 5.75 Å². The first kappa shape index (κ1) is 19.2. The second kappa shape index (κ2) is 7.74. The van der Waals surface area contributed by atoms with E-state index in [0.29, 0.717) is 36.5 Å². The van der Waals surface area contributed by atoms with E-state index in [0.717, 1.165) is 11.1 Å². The number of hydrogen-bond acceptors (Lipinski definition) is 3. The molecule has 0 N–H and O–H groups in total. The molecule has 0 amide bonds. The van der Waals surface area contributed by atoms with Crippen LogP contribution >= 0.6 is 11.6 Å². The summed E-state index contributed by atoms with van der Waals surface area (Å²) >= 11 is 6.11. The largest absolute Gasteiger partial charge is 0.490 e. The fourth-order valence-corrected chi connectivity index (χ4v) is 5.58. The van der Waals surface area contributed by atoms with Crippen LogP contribution in [0.15, 0.2) is 65.6 Å². The third kappa shape index (κ3) is 3.75. The molecular weight excluding hydrogens is 394 g/mol. The lowest BCUT2D eigenvalue weighted by molar-refractivity contribution is 0.135. The van der Waals surface area contributed by atoms with Gasteiger partial charge in [0.2, 0.25) is 10.0 Å². The molecule has 0 unspecified atom stereocenters. The number of sulfonamides is 1. The highest BCUT2D eigenvalue weighted by Crippen LogP contribution is 2.29. The van der Waals surface area contributed by atoms with Gasteiger partial charge in [0.15, 0.2) is 0 Å². The average Bonchev–Trinajstić information content (AvgIpc) is 2.70. The Morgan fingerprint density at radius 1 is 0.964 bits per heavy atom. The molecular formula is C22H22ClNO3S. The Bertz CT molecular complexity index is 1110. The van der Waals surface area contributed by atoms with E-state index >= 15 is 0 Å². The first-order valence-corrected chi connectivity index (χ1v) is 11.2. The summed E-state index contributed by atoms with van der Waals surface area (Å²) in [6, 6.07) is 19.2. The second-order valence-electron chi connectivity index (χ2n) is 7.09. The van der Waals surface area contributed by atoms with Crippen LogP contribution in [-0.2, 0) is 10.0 Å². The van der Waals surface area contributed by atoms with Gasteiger partial charge in [-0.2, -0.15) is 4.31 Å². The van der Waals surface area contributed by atoms with Crippen LogP contribution in [-0.4, -0.2) is 31.9 Å². The molecule has 0 radical (unpaired) electrons. The van der Waals surface area contributed by atoms with Gasteiger partial charge in [-0.1, -0.05) is 48.0 Å². The minimum atomic E-state index is -3.55. The molecule has 1 aliphatic heterocycles. The minimum Gasteiger partial charge on any atom is -0.490 e. The van der Waals surface area contributed by atoms with Crippen LogP contribution < -0.4 is 4.74 Å². The van der Waals surface area contributed by atoms with Crippen molar-refractivity contribution in [1.82, 2.24) is 4.31 Å². The molecule has 3 aromatic carbocycles. The van der Waals surface area contributed by atoms with E-state index in [4.69, 9.17) is 16.3 Å². The molecule has 1 heterocycles. The Morgan fingerprint density at radius 2 is 1.68 bits per heavy atom. The Kier molecular flexibility index (Phi) is 5.32. The predicted octanol–water partition coefficient (Wildman–Crippen LogP) is 5.03. The number of piperidine rings is 1. The van der Waals surface area contributed by atoms with Crippen LogP contribution in [0, 0.1) is 6.92 Å². The Labute approximate surface area is 170 Å². The van der Waals surface area contributed by atoms with E-state index in [-0.39, 0.29) is 11.0 Å². The average molecular weight is 416 g/mol. The van der Waals surface area contributed by atoms with Crippen LogP contribution in [0.25, 0.3) is 10.8 Å². The first-order valence-electron chi connectivity index (χ1n) is 9.36. The van der Waals surface area contributed by atoms with E-state index in [9.17, 15) is 8.42 Å². The highest BCUT2D eigenvalue weighted by molar-refractivity contribution is 7.89. The quantitative estimate of drug-likeness (QED) is 0.600. The lowest BCUT2D eigenvalue weighted by Gasteiger charge is -2.31. The lowest BCUT2D eigenvalue weighted by Crippen LogP contribution is -2.41. The summed E-state index contributed by atoms with van der Waals surface area (Å²) in [7, 11) is -3.55. The summed E-state index contributed by atoms with van der Waals surface area (Å²) in [6.07, 6.45) is 1.32. The van der Waals surface area contributed by atoms with Crippen LogP contribution in [0.2, 0.25) is 5.02 Å². The van der Waals surface area contributed by atoms with Gasteiger partial charge in [0.25, 0.3) is 0 Å². The van der Waals surface area contributed by atoms with E-state index in [1.165, 1.54) is 9.69 Å². The van der Waals surface area contributed by atoms with Crippen molar-refractivity contribution < 1.29 is 13.2 Å². The van der Waals surface area contributed by atoms with Gasteiger partial charge in [-0.05, 0) is 60.4 Å². The number of rotatable bonds is 4. The van der Waals surface area contributed by atoms with Crippen molar-refractivity contribution >= 4 is 32.4 Å². The van der Waals surface area contributed by atoms with Gasteiger partial charge in [-0.3, -0.25) is 0 Å². The molecule has 0 aliphatic carbocycles. The summed E-state index contributed by atoms with van der Waals surface area (Å²) in [5, 5.41) is 2.78. The normalized spacial score (nSPS) is 16.4. The van der Waals surface area contributed by atoms with E-state index in [2.05, 4.69) is 12.1 Å². The molecule has 146 valence electrons. The Morgan fingerprint density at radius 3 is 2.43 bits per heavy atom. The topological polar surface area (TPSA) is 46.6 Å². The van der Waals surface area contributed by atoms with Crippen molar-refractivity contribution in [3.05, 3.63) is 71.2 Å². The van der Waals surface area contributed by atoms with Crippen molar-refractivity contribution in [1.29, 1.82) is 0 Å². The standard InChI is InChI=1S/C22H22ClNO3S/c1-16-21(23)7-4-8-22(16)28(25,26)24-13-11-19(12-14-24)27-20-10-9-17-5-2-3-6-18(17)15-20/h2-10,15,19H,11-14H2,1H3. The molecule has 3 aromatic rings. The minimum absolute atomic E-state index is 0.00747. The molecule has 0 saturated carbocycles. The molecule has 1 saturated heterocycles. The Hall–Kier alpha value is -2.08. The molecule has 0 aromatic heterocycles. The third-order valence-electron chi connectivity index (χ3n) is 5.26. The number of benzene rings is 3. The fourth-order valence-electron chi connectivity index (χ4n) is 3.63. The van der Waals surface area contributed by atoms with Gasteiger partial charge < -0.3 is 4.74 Å². The first-order chi connectivity index (χ1) is 13.4. The van der Waals surface area contributed by atoms with Crippen molar-refractivity contribution in [3.8, 4) is 5.75 Å². The zero-order valence-corrected chi connectivity index (χ0v) is 17.2. The van der Waals surface area contributed by atoms with Crippen LogP contribution in [0.1, 0.15) is 18.4 Å². The fraction of sp³-hybridized carbons (Fsp3) is 0.273. The molecule has 1 fully saturated rings. The SMILES string of the molecule is Cc1c(Cl)cccc1S(=O)(=O)N1CCC(Oc2ccc3ccccc3c2)CC1. The zero-order chi connectivity index (χ0) is 19.7. The number of ether oxygens (including phenoxy) is 1. The molecule has 0 spiro atoms. The summed E-state index contributed by atoms with van der Waals surface area (Å²) in [6.45, 7) is 2.61. The van der Waals surface area contributed by atoms with Gasteiger partial charge in [-0.15, -0.1) is 0 Å². The van der Waals surface area contributed by atoms with Crippen LogP contribution in [0.3, 0.4) is 0 Å². The van der Waals surface area contributed by atoms with E-state index in [1.807, 2.05) is 30.3 Å². The second-order valence-corrected chi connectivity index (χ2v) is 9.41. The van der Waals surface area contributed by atoms with Crippen LogP contribution in [0.4, 0.5) is 0 Å². The maximum Gasteiger partial charge on any atom is 0.243 e. The molecule has 6 heteroatoms. The Balaban J connectivity index is 1.44. The monoisotopic (exact) mass is 415 g/mol. The number of nitrogens with zero attached hydrogens (tertiary/aromatic N) is 1. The summed E-state index contributed by atoms with van der Waals surface area (Å²) < 4.78 is 33.7. The van der Waals surface area contributed by atoms with Gasteiger partial charge in [0, 0.05) is 18.1 Å². The van der Waals surface area contributed by atoms with Gasteiger partial charge in [-0.25, -0.2) is 8.42 Å². The molecule has 0 bridgehead atoms. The van der Waals surface area contributed by atoms with E-state index < -0.39 is 10.0 Å². The van der Waals surface area contributed by atoms with Crippen molar-refractivity contribution in [3.63, 3.8) is 0 Å². The molecule has 1 aliphatic rings. The van der Waals surface area contributed by atoms with Gasteiger partial charge in [0.05, 0.1) is 4.90 Å². The third-order valence-corrected chi connectivity index (χ3v) is 7.71. The van der Waals surface area contributed by atoms with Gasteiger partial charge >= 0.3 is 0 Å². The van der Waals surface area contributed by atoms with Crippen molar-refractivity contribution in [2.75, 3.05) is 13.1 Å². The highest BCUT2D eigenvalue weighted by Gasteiger charge is 2.31. The summed E-state index contributed by atoms with van der Waals surface area (Å²) in [5.74, 6) is 0.825. The van der Waals surface area contributed by atoms with E-state index in [1.54, 1.807) is 25.1 Å². The molecule has 4 rings (SSSR count). The number of halogens is 1. The maximum absolute atomic E-state index is 13.0.